The normalized spacial score (nSPS) is 22.7. The Morgan fingerprint density at radius 2 is 1.75 bits per heavy atom. The van der Waals surface area contributed by atoms with Crippen LogP contribution in [0.3, 0.4) is 0 Å². The lowest BCUT2D eigenvalue weighted by molar-refractivity contribution is -0.137. The summed E-state index contributed by atoms with van der Waals surface area (Å²) >= 11 is 6.28. The van der Waals surface area contributed by atoms with Crippen molar-refractivity contribution in [1.82, 2.24) is 9.80 Å². The molecule has 2 aliphatic heterocycles. The Morgan fingerprint density at radius 3 is 2.46 bits per heavy atom. The maximum Gasteiger partial charge on any atom is 0.416 e. The Morgan fingerprint density at radius 1 is 1.00 bits per heavy atom. The van der Waals surface area contributed by atoms with E-state index in [1.807, 2.05) is 18.2 Å². The lowest BCUT2D eigenvalue weighted by Gasteiger charge is -2.34. The number of hydrogen-bond acceptors (Lipinski definition) is 3. The topological polar surface area (TPSA) is 15.7 Å². The minimum Gasteiger partial charge on any atom is -0.492 e. The van der Waals surface area contributed by atoms with Crippen molar-refractivity contribution in [3.05, 3.63) is 64.7 Å². The number of hydrogen-bond donors (Lipinski definition) is 0. The van der Waals surface area contributed by atoms with Crippen LogP contribution in [0, 0.1) is 0 Å². The number of ether oxygens (including phenoxy) is 1. The highest BCUT2D eigenvalue weighted by atomic mass is 35.5. The molecule has 7 heteroatoms. The van der Waals surface area contributed by atoms with Crippen molar-refractivity contribution in [2.45, 2.75) is 31.2 Å². The molecule has 3 nitrogen and oxygen atoms in total. The van der Waals surface area contributed by atoms with E-state index in [1.54, 1.807) is 6.07 Å². The number of benzene rings is 2. The van der Waals surface area contributed by atoms with Gasteiger partial charge in [0.25, 0.3) is 0 Å². The molecule has 28 heavy (non-hydrogen) atoms. The third kappa shape index (κ3) is 4.29. The highest BCUT2D eigenvalue weighted by molar-refractivity contribution is 6.31. The van der Waals surface area contributed by atoms with Crippen LogP contribution in [0.15, 0.2) is 48.5 Å². The van der Waals surface area contributed by atoms with Crippen LogP contribution in [0.2, 0.25) is 5.02 Å². The number of alkyl halides is 3. The molecule has 2 heterocycles. The summed E-state index contributed by atoms with van der Waals surface area (Å²) in [6.07, 6.45) is -3.23. The molecule has 2 atom stereocenters. The molecule has 0 spiro atoms. The van der Waals surface area contributed by atoms with Gasteiger partial charge in [-0.15, -0.1) is 0 Å². The van der Waals surface area contributed by atoms with E-state index >= 15 is 0 Å². The molecule has 0 amide bonds. The van der Waals surface area contributed by atoms with Crippen LogP contribution >= 0.6 is 11.6 Å². The first-order valence-electron chi connectivity index (χ1n) is 9.42. The first-order valence-corrected chi connectivity index (χ1v) is 9.79. The molecular weight excluding hydrogens is 389 g/mol. The third-order valence-corrected chi connectivity index (χ3v) is 5.98. The fraction of sp³-hybridized carbons (Fsp3) is 0.429. The van der Waals surface area contributed by atoms with Crippen LogP contribution < -0.4 is 4.74 Å². The van der Waals surface area contributed by atoms with Crippen LogP contribution in [0.5, 0.6) is 5.75 Å². The van der Waals surface area contributed by atoms with Gasteiger partial charge in [-0.05, 0) is 36.2 Å². The summed E-state index contributed by atoms with van der Waals surface area (Å²) in [5.41, 5.74) is 0.469. The zero-order chi connectivity index (χ0) is 19.7. The molecule has 2 aromatic rings. The van der Waals surface area contributed by atoms with Crippen LogP contribution in [-0.2, 0) is 12.7 Å². The predicted molar refractivity (Wildman–Crippen MR) is 103 cm³/mol. The first kappa shape index (κ1) is 19.6. The van der Waals surface area contributed by atoms with Crippen LogP contribution in [-0.4, -0.2) is 48.1 Å². The maximum atomic E-state index is 12.8. The van der Waals surface area contributed by atoms with Crippen molar-refractivity contribution >= 4 is 11.6 Å². The molecule has 0 saturated carbocycles. The second-order valence-electron chi connectivity index (χ2n) is 7.43. The van der Waals surface area contributed by atoms with Crippen molar-refractivity contribution in [1.29, 1.82) is 0 Å². The number of piperazine rings is 1. The summed E-state index contributed by atoms with van der Waals surface area (Å²) in [4.78, 5) is 4.84. The summed E-state index contributed by atoms with van der Waals surface area (Å²) < 4.78 is 43.9. The molecule has 0 aromatic heterocycles. The minimum atomic E-state index is -4.35. The number of rotatable bonds is 6. The largest absolute Gasteiger partial charge is 0.492 e. The van der Waals surface area contributed by atoms with Crippen LogP contribution in [0.25, 0.3) is 0 Å². The van der Waals surface area contributed by atoms with Gasteiger partial charge in [-0.1, -0.05) is 35.9 Å². The zero-order valence-electron chi connectivity index (χ0n) is 15.3. The summed E-state index contributed by atoms with van der Waals surface area (Å²) in [6, 6.07) is 14.0. The number of likely N-dealkylation sites (tertiary alicyclic amines) is 2. The van der Waals surface area contributed by atoms with E-state index in [-0.39, 0.29) is 5.75 Å². The Kier molecular flexibility index (Phi) is 5.54. The maximum absolute atomic E-state index is 12.8. The van der Waals surface area contributed by atoms with E-state index in [0.29, 0.717) is 18.7 Å². The molecule has 0 N–H and O–H groups in total. The van der Waals surface area contributed by atoms with Gasteiger partial charge in [0, 0.05) is 43.3 Å². The quantitative estimate of drug-likeness (QED) is 0.686. The molecule has 2 saturated heterocycles. The monoisotopic (exact) mass is 410 g/mol. The van der Waals surface area contributed by atoms with Crippen molar-refractivity contribution in [3.63, 3.8) is 0 Å². The molecule has 4 rings (SSSR count). The molecule has 0 aliphatic carbocycles. The van der Waals surface area contributed by atoms with E-state index in [0.717, 1.165) is 55.3 Å². The van der Waals surface area contributed by atoms with E-state index in [4.69, 9.17) is 16.3 Å². The number of nitrogens with zero attached hydrogens (tertiary/aromatic N) is 2. The lowest BCUT2D eigenvalue weighted by Crippen LogP contribution is -2.47. The smallest absolute Gasteiger partial charge is 0.416 e. The van der Waals surface area contributed by atoms with Gasteiger partial charge in [0.1, 0.15) is 12.4 Å². The molecule has 150 valence electrons. The predicted octanol–water partition coefficient (Wildman–Crippen LogP) is 4.70. The molecule has 2 aliphatic rings. The van der Waals surface area contributed by atoms with Gasteiger partial charge in [0.2, 0.25) is 0 Å². The standard InChI is InChI=1S/C21H22ClF3N2O/c22-20-7-2-1-4-15(20)12-27-14-17-11-18(27)13-26(17)8-9-28-19-6-3-5-16(10-19)21(23,24)25/h1-7,10,17-18H,8-9,11-14H2/t17?,18-/m0/s1. The van der Waals surface area contributed by atoms with E-state index in [2.05, 4.69) is 15.9 Å². The summed E-state index contributed by atoms with van der Waals surface area (Å²) in [5, 5.41) is 0.802. The Bertz CT molecular complexity index is 829. The van der Waals surface area contributed by atoms with Gasteiger partial charge in [-0.3, -0.25) is 9.80 Å². The first-order chi connectivity index (χ1) is 13.4. The molecule has 1 unspecified atom stereocenters. The Labute approximate surface area is 167 Å². The molecule has 2 aromatic carbocycles. The Balaban J connectivity index is 1.26. The van der Waals surface area contributed by atoms with E-state index in [1.165, 1.54) is 6.07 Å². The van der Waals surface area contributed by atoms with Gasteiger partial charge in [0.05, 0.1) is 5.56 Å². The van der Waals surface area contributed by atoms with Crippen molar-refractivity contribution in [2.75, 3.05) is 26.2 Å². The highest BCUT2D eigenvalue weighted by Gasteiger charge is 2.42. The van der Waals surface area contributed by atoms with E-state index in [9.17, 15) is 13.2 Å². The van der Waals surface area contributed by atoms with Crippen molar-refractivity contribution < 1.29 is 17.9 Å². The fourth-order valence-electron chi connectivity index (χ4n) is 4.19. The Hall–Kier alpha value is -1.76. The van der Waals surface area contributed by atoms with Crippen molar-refractivity contribution in [2.24, 2.45) is 0 Å². The minimum absolute atomic E-state index is 0.263. The van der Waals surface area contributed by atoms with Gasteiger partial charge in [0.15, 0.2) is 0 Å². The second-order valence-corrected chi connectivity index (χ2v) is 7.84. The average Bonchev–Trinajstić information content (AvgIpc) is 3.23. The van der Waals surface area contributed by atoms with Crippen molar-refractivity contribution in [3.8, 4) is 5.75 Å². The molecular formula is C21H22ClF3N2O. The van der Waals surface area contributed by atoms with E-state index < -0.39 is 11.7 Å². The SMILES string of the molecule is FC(F)(F)c1cccc(OCCN2C[C@@H]3CC2CN3Cc2ccccc2Cl)c1. The van der Waals surface area contributed by atoms with Gasteiger partial charge in [-0.25, -0.2) is 0 Å². The lowest BCUT2D eigenvalue weighted by atomic mass is 10.2. The zero-order valence-corrected chi connectivity index (χ0v) is 16.1. The summed E-state index contributed by atoms with van der Waals surface area (Å²) in [7, 11) is 0. The molecule has 0 radical (unpaired) electrons. The third-order valence-electron chi connectivity index (χ3n) is 5.61. The van der Waals surface area contributed by atoms with Crippen LogP contribution in [0.4, 0.5) is 13.2 Å². The highest BCUT2D eigenvalue weighted by Crippen LogP contribution is 2.33. The van der Waals surface area contributed by atoms with Crippen LogP contribution in [0.1, 0.15) is 17.5 Å². The number of fused-ring (bicyclic) bond motifs is 2. The molecule has 2 bridgehead atoms. The van der Waals surface area contributed by atoms with Gasteiger partial charge in [-0.2, -0.15) is 13.2 Å². The summed E-state index contributed by atoms with van der Waals surface area (Å²) in [5.74, 6) is 0.263. The van der Waals surface area contributed by atoms with Gasteiger partial charge < -0.3 is 4.74 Å². The fourth-order valence-corrected chi connectivity index (χ4v) is 4.38. The molecule has 2 fully saturated rings. The summed E-state index contributed by atoms with van der Waals surface area (Å²) in [6.45, 7) is 3.91. The number of halogens is 4. The average molecular weight is 411 g/mol. The van der Waals surface area contributed by atoms with Gasteiger partial charge >= 0.3 is 6.18 Å². The second kappa shape index (κ2) is 7.93.